The van der Waals surface area contributed by atoms with Crippen LogP contribution in [0.1, 0.15) is 89.3 Å². The number of hydrogen-bond donors (Lipinski definition) is 0. The van der Waals surface area contributed by atoms with E-state index in [-0.39, 0.29) is 5.56 Å². The van der Waals surface area contributed by atoms with Crippen molar-refractivity contribution < 1.29 is 8.78 Å². The van der Waals surface area contributed by atoms with Gasteiger partial charge in [0.05, 0.1) is 11.4 Å². The van der Waals surface area contributed by atoms with Crippen molar-refractivity contribution in [3.05, 3.63) is 47.2 Å². The molecule has 2 nitrogen and oxygen atoms in total. The Bertz CT molecular complexity index is 780. The molecule has 0 bridgehead atoms. The van der Waals surface area contributed by atoms with E-state index in [9.17, 15) is 8.78 Å². The second-order valence-electron chi connectivity index (χ2n) is 8.98. The van der Waals surface area contributed by atoms with Crippen LogP contribution in [0.3, 0.4) is 0 Å². The SMILES string of the molecule is CCCCCC1CCC(CCc2ccc(-c3ccc(CCC)c(F)c3F)nn2)CC1. The van der Waals surface area contributed by atoms with Gasteiger partial charge in [-0.2, -0.15) is 10.2 Å². The van der Waals surface area contributed by atoms with E-state index in [1.807, 2.05) is 13.0 Å². The van der Waals surface area contributed by atoms with E-state index in [2.05, 4.69) is 17.1 Å². The molecule has 4 heteroatoms. The minimum absolute atomic E-state index is 0.188. The summed E-state index contributed by atoms with van der Waals surface area (Å²) < 4.78 is 28.7. The Hall–Kier alpha value is -1.84. The fourth-order valence-corrected chi connectivity index (χ4v) is 4.73. The zero-order valence-corrected chi connectivity index (χ0v) is 18.6. The lowest BCUT2D eigenvalue weighted by Gasteiger charge is -2.28. The number of hydrogen-bond acceptors (Lipinski definition) is 2. The second-order valence-corrected chi connectivity index (χ2v) is 8.98. The molecule has 2 aromatic rings. The molecule has 1 heterocycles. The Morgan fingerprint density at radius 2 is 1.50 bits per heavy atom. The van der Waals surface area contributed by atoms with Gasteiger partial charge in [-0.25, -0.2) is 8.78 Å². The van der Waals surface area contributed by atoms with Crippen LogP contribution < -0.4 is 0 Å². The average molecular weight is 415 g/mol. The Balaban J connectivity index is 1.50. The van der Waals surface area contributed by atoms with Crippen LogP contribution in [-0.2, 0) is 12.8 Å². The van der Waals surface area contributed by atoms with E-state index in [0.29, 0.717) is 17.7 Å². The minimum Gasteiger partial charge on any atom is -0.203 e. The van der Waals surface area contributed by atoms with Crippen molar-refractivity contribution in [1.82, 2.24) is 10.2 Å². The van der Waals surface area contributed by atoms with Crippen molar-refractivity contribution in [2.45, 2.75) is 90.9 Å². The maximum absolute atomic E-state index is 14.4. The number of aromatic nitrogens is 2. The van der Waals surface area contributed by atoms with Crippen LogP contribution in [0.25, 0.3) is 11.3 Å². The number of rotatable bonds is 10. The van der Waals surface area contributed by atoms with E-state index in [0.717, 1.165) is 36.8 Å². The zero-order valence-electron chi connectivity index (χ0n) is 18.6. The molecule has 1 aliphatic carbocycles. The molecule has 0 saturated heterocycles. The molecule has 0 spiro atoms. The molecule has 0 radical (unpaired) electrons. The lowest BCUT2D eigenvalue weighted by molar-refractivity contribution is 0.248. The van der Waals surface area contributed by atoms with Gasteiger partial charge in [-0.15, -0.1) is 0 Å². The number of aryl methyl sites for hydroxylation is 2. The van der Waals surface area contributed by atoms with Crippen molar-refractivity contribution in [1.29, 1.82) is 0 Å². The van der Waals surface area contributed by atoms with Gasteiger partial charge in [-0.3, -0.25) is 0 Å². The van der Waals surface area contributed by atoms with Crippen LogP contribution in [0.15, 0.2) is 24.3 Å². The number of benzene rings is 1. The predicted molar refractivity (Wildman–Crippen MR) is 119 cm³/mol. The number of nitrogens with zero attached hydrogens (tertiary/aromatic N) is 2. The first kappa shape index (κ1) is 22.8. The molecular formula is C26H36F2N2. The van der Waals surface area contributed by atoms with Crippen molar-refractivity contribution in [2.24, 2.45) is 11.8 Å². The third-order valence-electron chi connectivity index (χ3n) is 6.67. The summed E-state index contributed by atoms with van der Waals surface area (Å²) in [5.74, 6) is 0.140. The smallest absolute Gasteiger partial charge is 0.168 e. The van der Waals surface area contributed by atoms with Crippen molar-refractivity contribution in [2.75, 3.05) is 0 Å². The highest BCUT2D eigenvalue weighted by atomic mass is 19.2. The van der Waals surface area contributed by atoms with Gasteiger partial charge in [-0.1, -0.05) is 77.7 Å². The molecule has 0 atom stereocenters. The molecule has 1 aliphatic rings. The summed E-state index contributed by atoms with van der Waals surface area (Å²) in [5.41, 5.74) is 1.94. The molecular weight excluding hydrogens is 378 g/mol. The third-order valence-corrected chi connectivity index (χ3v) is 6.67. The van der Waals surface area contributed by atoms with E-state index in [1.165, 1.54) is 51.4 Å². The van der Waals surface area contributed by atoms with Crippen LogP contribution in [0.4, 0.5) is 8.78 Å². The monoisotopic (exact) mass is 414 g/mol. The van der Waals surface area contributed by atoms with Gasteiger partial charge < -0.3 is 0 Å². The van der Waals surface area contributed by atoms with Crippen molar-refractivity contribution in [3.63, 3.8) is 0 Å². The Morgan fingerprint density at radius 1 is 0.767 bits per heavy atom. The van der Waals surface area contributed by atoms with E-state index >= 15 is 0 Å². The predicted octanol–water partition coefficient (Wildman–Crippen LogP) is 7.69. The van der Waals surface area contributed by atoms with Crippen LogP contribution >= 0.6 is 0 Å². The van der Waals surface area contributed by atoms with Crippen LogP contribution in [-0.4, -0.2) is 10.2 Å². The van der Waals surface area contributed by atoms with E-state index in [4.69, 9.17) is 0 Å². The molecule has 0 N–H and O–H groups in total. The standard InChI is InChI=1S/C26H36F2N2/c1-3-5-6-8-19-9-11-20(12-10-19)13-15-22-16-18-24(30-29-22)23-17-14-21(7-4-2)25(27)26(23)28/h14,16-20H,3-13,15H2,1-2H3. The Kier molecular flexibility index (Phi) is 8.77. The van der Waals surface area contributed by atoms with Gasteiger partial charge in [0.2, 0.25) is 0 Å². The molecule has 0 amide bonds. The molecule has 30 heavy (non-hydrogen) atoms. The highest BCUT2D eigenvalue weighted by Gasteiger charge is 2.21. The summed E-state index contributed by atoms with van der Waals surface area (Å²) >= 11 is 0. The first-order valence-electron chi connectivity index (χ1n) is 11.9. The molecule has 164 valence electrons. The summed E-state index contributed by atoms with van der Waals surface area (Å²) in [4.78, 5) is 0. The zero-order chi connectivity index (χ0) is 21.3. The fourth-order valence-electron chi connectivity index (χ4n) is 4.73. The van der Waals surface area contributed by atoms with Gasteiger partial charge in [0.25, 0.3) is 0 Å². The average Bonchev–Trinajstić information content (AvgIpc) is 2.77. The van der Waals surface area contributed by atoms with Crippen molar-refractivity contribution in [3.8, 4) is 11.3 Å². The number of unbranched alkanes of at least 4 members (excludes halogenated alkanes) is 2. The highest BCUT2D eigenvalue weighted by Crippen LogP contribution is 2.34. The second kappa shape index (κ2) is 11.5. The summed E-state index contributed by atoms with van der Waals surface area (Å²) in [7, 11) is 0. The largest absolute Gasteiger partial charge is 0.203 e. The molecule has 0 aliphatic heterocycles. The summed E-state index contributed by atoms with van der Waals surface area (Å²) in [6.45, 7) is 4.22. The molecule has 1 aromatic carbocycles. The van der Waals surface area contributed by atoms with Gasteiger partial charge in [0.15, 0.2) is 11.6 Å². The minimum atomic E-state index is -0.821. The lowest BCUT2D eigenvalue weighted by atomic mass is 9.78. The van der Waals surface area contributed by atoms with Gasteiger partial charge >= 0.3 is 0 Å². The molecule has 3 rings (SSSR count). The molecule has 1 saturated carbocycles. The number of halogens is 2. The maximum atomic E-state index is 14.4. The van der Waals surface area contributed by atoms with E-state index < -0.39 is 11.6 Å². The normalized spacial score (nSPS) is 19.2. The fraction of sp³-hybridized carbons (Fsp3) is 0.615. The Labute approximate surface area is 180 Å². The van der Waals surface area contributed by atoms with Gasteiger partial charge in [0.1, 0.15) is 0 Å². The van der Waals surface area contributed by atoms with Crippen molar-refractivity contribution >= 4 is 0 Å². The van der Waals surface area contributed by atoms with E-state index in [1.54, 1.807) is 18.2 Å². The van der Waals surface area contributed by atoms with Crippen LogP contribution in [0, 0.1) is 23.5 Å². The highest BCUT2D eigenvalue weighted by molar-refractivity contribution is 5.60. The third kappa shape index (κ3) is 6.09. The topological polar surface area (TPSA) is 25.8 Å². The first-order valence-corrected chi connectivity index (χ1v) is 11.9. The van der Waals surface area contributed by atoms with Crippen LogP contribution in [0.2, 0.25) is 0 Å². The molecule has 1 aromatic heterocycles. The Morgan fingerprint density at radius 3 is 2.13 bits per heavy atom. The lowest BCUT2D eigenvalue weighted by Crippen LogP contribution is -2.15. The molecule has 1 fully saturated rings. The quantitative estimate of drug-likeness (QED) is 0.372. The summed E-state index contributed by atoms with van der Waals surface area (Å²) in [6, 6.07) is 6.96. The van der Waals surface area contributed by atoms with Gasteiger partial charge in [-0.05, 0) is 54.9 Å². The first-order chi connectivity index (χ1) is 14.6. The summed E-state index contributed by atoms with van der Waals surface area (Å²) in [5, 5.41) is 8.48. The summed E-state index contributed by atoms with van der Waals surface area (Å²) in [6.07, 6.45) is 14.2. The van der Waals surface area contributed by atoms with Gasteiger partial charge in [0, 0.05) is 5.56 Å². The van der Waals surface area contributed by atoms with Crippen LogP contribution in [0.5, 0.6) is 0 Å². The molecule has 0 unspecified atom stereocenters. The maximum Gasteiger partial charge on any atom is 0.168 e.